The van der Waals surface area contributed by atoms with Gasteiger partial charge in [0.2, 0.25) is 0 Å². The van der Waals surface area contributed by atoms with Gasteiger partial charge in [-0.25, -0.2) is 0 Å². The quantitative estimate of drug-likeness (QED) is 0.706. The Morgan fingerprint density at radius 1 is 0.909 bits per heavy atom. The van der Waals surface area contributed by atoms with Crippen molar-refractivity contribution in [2.24, 2.45) is 34.5 Å². The molecule has 0 unspecified atom stereocenters. The lowest BCUT2D eigenvalue weighted by atomic mass is 9.44. The van der Waals surface area contributed by atoms with Crippen LogP contribution in [0.3, 0.4) is 0 Å². The van der Waals surface area contributed by atoms with Crippen molar-refractivity contribution >= 4 is 0 Å². The first-order valence-electron chi connectivity index (χ1n) is 9.70. The minimum Gasteiger partial charge on any atom is -0.393 e. The summed E-state index contributed by atoms with van der Waals surface area (Å²) in [7, 11) is 0. The lowest BCUT2D eigenvalue weighted by molar-refractivity contribution is -0.192. The van der Waals surface area contributed by atoms with Crippen molar-refractivity contribution in [3.63, 3.8) is 0 Å². The predicted molar refractivity (Wildman–Crippen MR) is 88.4 cm³/mol. The molecule has 4 aliphatic carbocycles. The molecule has 0 aromatic heterocycles. The van der Waals surface area contributed by atoms with Gasteiger partial charge in [-0.15, -0.1) is 0 Å². The number of rotatable bonds is 0. The SMILES string of the molecule is C[C@]12CCCC[C@H]1CC[C@@H]1[C@@H]2[C@@H](O)C[C@@]2(C)[C@H]1CC[C@@]2(C)O. The summed E-state index contributed by atoms with van der Waals surface area (Å²) in [6, 6.07) is 0. The average Bonchev–Trinajstić information content (AvgIpc) is 2.68. The van der Waals surface area contributed by atoms with E-state index in [-0.39, 0.29) is 11.5 Å². The highest BCUT2D eigenvalue weighted by atomic mass is 16.3. The van der Waals surface area contributed by atoms with Crippen molar-refractivity contribution in [1.82, 2.24) is 0 Å². The molecule has 2 nitrogen and oxygen atoms in total. The molecule has 0 aromatic rings. The summed E-state index contributed by atoms with van der Waals surface area (Å²) in [4.78, 5) is 0. The van der Waals surface area contributed by atoms with Crippen molar-refractivity contribution in [3.05, 3.63) is 0 Å². The Balaban J connectivity index is 1.71. The van der Waals surface area contributed by atoms with Crippen molar-refractivity contribution in [2.45, 2.75) is 90.3 Å². The second-order valence-electron chi connectivity index (χ2n) is 9.82. The fourth-order valence-electron chi connectivity index (χ4n) is 7.64. The molecule has 0 saturated heterocycles. The van der Waals surface area contributed by atoms with E-state index in [0.717, 1.165) is 25.2 Å². The zero-order valence-corrected chi connectivity index (χ0v) is 14.6. The van der Waals surface area contributed by atoms with Crippen molar-refractivity contribution in [3.8, 4) is 0 Å². The maximum absolute atomic E-state index is 11.1. The van der Waals surface area contributed by atoms with Gasteiger partial charge in [0.05, 0.1) is 11.7 Å². The molecule has 0 spiro atoms. The maximum atomic E-state index is 11.1. The molecule has 4 aliphatic rings. The Morgan fingerprint density at radius 3 is 2.45 bits per heavy atom. The number of aliphatic hydroxyl groups is 2. The molecule has 4 fully saturated rings. The standard InChI is InChI=1S/C20H34O2/c1-18-10-5-4-6-13(18)7-8-14-15-9-11-20(3,22)19(15,2)12-16(21)17(14)18/h13-17,21-22H,4-12H2,1-3H3/t13-,14-,15-,16-,17+,18-,19-,20+/m0/s1. The van der Waals surface area contributed by atoms with Gasteiger partial charge in [-0.3, -0.25) is 0 Å². The fraction of sp³-hybridized carbons (Fsp3) is 1.00. The Hall–Kier alpha value is -0.0800. The zero-order chi connectivity index (χ0) is 15.8. The fourth-order valence-corrected chi connectivity index (χ4v) is 7.64. The van der Waals surface area contributed by atoms with Crippen molar-refractivity contribution in [2.75, 3.05) is 0 Å². The van der Waals surface area contributed by atoms with Gasteiger partial charge >= 0.3 is 0 Å². The molecule has 0 radical (unpaired) electrons. The van der Waals surface area contributed by atoms with E-state index in [9.17, 15) is 10.2 Å². The lowest BCUT2D eigenvalue weighted by Crippen LogP contribution is -2.60. The smallest absolute Gasteiger partial charge is 0.0676 e. The summed E-state index contributed by atoms with van der Waals surface area (Å²) < 4.78 is 0. The monoisotopic (exact) mass is 306 g/mol. The van der Waals surface area contributed by atoms with Gasteiger partial charge in [0, 0.05) is 5.41 Å². The molecule has 0 bridgehead atoms. The summed E-state index contributed by atoms with van der Waals surface area (Å²) in [6.07, 6.45) is 10.8. The Morgan fingerprint density at radius 2 is 1.68 bits per heavy atom. The van der Waals surface area contributed by atoms with Crippen molar-refractivity contribution < 1.29 is 10.2 Å². The normalized spacial score (nSPS) is 61.2. The second-order valence-corrected chi connectivity index (χ2v) is 9.82. The summed E-state index contributed by atoms with van der Waals surface area (Å²) in [6.45, 7) is 6.78. The van der Waals surface area contributed by atoms with E-state index in [1.54, 1.807) is 0 Å². The average molecular weight is 306 g/mol. The third kappa shape index (κ3) is 1.80. The van der Waals surface area contributed by atoms with Crippen LogP contribution in [0.15, 0.2) is 0 Å². The van der Waals surface area contributed by atoms with E-state index in [4.69, 9.17) is 0 Å². The summed E-state index contributed by atoms with van der Waals surface area (Å²) in [5.41, 5.74) is -0.310. The molecule has 4 saturated carbocycles. The predicted octanol–water partition coefficient (Wildman–Crippen LogP) is 4.14. The van der Waals surface area contributed by atoms with Gasteiger partial charge in [0.25, 0.3) is 0 Å². The van der Waals surface area contributed by atoms with E-state index in [1.165, 1.54) is 38.5 Å². The molecule has 0 aromatic carbocycles. The number of hydrogen-bond acceptors (Lipinski definition) is 2. The molecular weight excluding hydrogens is 272 g/mol. The van der Waals surface area contributed by atoms with Crippen LogP contribution in [0.1, 0.15) is 78.6 Å². The van der Waals surface area contributed by atoms with Crippen LogP contribution in [0, 0.1) is 34.5 Å². The second kappa shape index (κ2) is 4.72. The van der Waals surface area contributed by atoms with Crippen LogP contribution >= 0.6 is 0 Å². The van der Waals surface area contributed by atoms with Crippen LogP contribution in [-0.2, 0) is 0 Å². The Labute approximate surface area is 135 Å². The number of hydrogen-bond donors (Lipinski definition) is 2. The largest absolute Gasteiger partial charge is 0.393 e. The summed E-state index contributed by atoms with van der Waals surface area (Å²) >= 11 is 0. The number of fused-ring (bicyclic) bond motifs is 5. The summed E-state index contributed by atoms with van der Waals surface area (Å²) in [5, 5.41) is 22.1. The minimum atomic E-state index is -0.589. The molecule has 4 rings (SSSR count). The maximum Gasteiger partial charge on any atom is 0.0676 e. The summed E-state index contributed by atoms with van der Waals surface area (Å²) in [5.74, 6) is 2.58. The van der Waals surface area contributed by atoms with Crippen LogP contribution < -0.4 is 0 Å². The third-order valence-corrected chi connectivity index (χ3v) is 9.08. The van der Waals surface area contributed by atoms with Gasteiger partial charge in [-0.05, 0) is 81.0 Å². The zero-order valence-electron chi connectivity index (χ0n) is 14.6. The van der Waals surface area contributed by atoms with E-state index in [2.05, 4.69) is 13.8 Å². The van der Waals surface area contributed by atoms with Crippen LogP contribution in [0.5, 0.6) is 0 Å². The lowest BCUT2D eigenvalue weighted by Gasteiger charge is -2.62. The van der Waals surface area contributed by atoms with Gasteiger partial charge < -0.3 is 10.2 Å². The molecule has 22 heavy (non-hydrogen) atoms. The number of aliphatic hydroxyl groups excluding tert-OH is 1. The van der Waals surface area contributed by atoms with Crippen molar-refractivity contribution in [1.29, 1.82) is 0 Å². The van der Waals surface area contributed by atoms with Crippen LogP contribution in [0.25, 0.3) is 0 Å². The minimum absolute atomic E-state index is 0.0779. The van der Waals surface area contributed by atoms with Gasteiger partial charge in [0.15, 0.2) is 0 Å². The Bertz CT molecular complexity index is 459. The van der Waals surface area contributed by atoms with E-state index in [0.29, 0.717) is 23.2 Å². The first kappa shape index (κ1) is 15.4. The first-order valence-corrected chi connectivity index (χ1v) is 9.70. The molecule has 8 atom stereocenters. The van der Waals surface area contributed by atoms with E-state index < -0.39 is 5.60 Å². The highest BCUT2D eigenvalue weighted by Crippen LogP contribution is 2.68. The van der Waals surface area contributed by atoms with Crippen LogP contribution in [-0.4, -0.2) is 21.9 Å². The molecule has 0 aliphatic heterocycles. The van der Waals surface area contributed by atoms with Gasteiger partial charge in [0.1, 0.15) is 0 Å². The third-order valence-electron chi connectivity index (χ3n) is 9.08. The van der Waals surface area contributed by atoms with E-state index in [1.807, 2.05) is 6.92 Å². The molecule has 0 amide bonds. The topological polar surface area (TPSA) is 40.5 Å². The van der Waals surface area contributed by atoms with Crippen LogP contribution in [0.4, 0.5) is 0 Å². The molecule has 126 valence electrons. The first-order chi connectivity index (χ1) is 10.3. The molecule has 0 heterocycles. The van der Waals surface area contributed by atoms with Gasteiger partial charge in [-0.2, -0.15) is 0 Å². The highest BCUT2D eigenvalue weighted by molar-refractivity contribution is 5.14. The highest BCUT2D eigenvalue weighted by Gasteiger charge is 2.65. The van der Waals surface area contributed by atoms with E-state index >= 15 is 0 Å². The van der Waals surface area contributed by atoms with Crippen LogP contribution in [0.2, 0.25) is 0 Å². The Kier molecular flexibility index (Phi) is 3.32. The molecular formula is C20H34O2. The molecule has 2 heteroatoms. The molecule has 2 N–H and O–H groups in total. The van der Waals surface area contributed by atoms with Gasteiger partial charge in [-0.1, -0.05) is 26.7 Å².